The van der Waals surface area contributed by atoms with Gasteiger partial charge in [-0.1, -0.05) is 12.1 Å². The molecular weight excluding hydrogens is 540 g/mol. The predicted octanol–water partition coefficient (Wildman–Crippen LogP) is 3.74. The largest absolute Gasteiger partial charge is 0.497 e. The van der Waals surface area contributed by atoms with E-state index in [1.807, 2.05) is 24.3 Å². The molecule has 0 unspecified atom stereocenters. The molecular formula is C31H40N4O7. The van der Waals surface area contributed by atoms with Crippen LogP contribution >= 0.6 is 0 Å². The van der Waals surface area contributed by atoms with Crippen molar-refractivity contribution in [2.24, 2.45) is 0 Å². The number of hydrogen-bond acceptors (Lipinski definition) is 8. The van der Waals surface area contributed by atoms with Gasteiger partial charge in [0.1, 0.15) is 18.1 Å². The van der Waals surface area contributed by atoms with Gasteiger partial charge in [-0.15, -0.1) is 0 Å². The van der Waals surface area contributed by atoms with Gasteiger partial charge in [0.15, 0.2) is 11.5 Å². The average molecular weight is 581 g/mol. The first kappa shape index (κ1) is 30.7. The summed E-state index contributed by atoms with van der Waals surface area (Å²) in [6, 6.07) is 16.1. The first-order valence-corrected chi connectivity index (χ1v) is 14.0. The van der Waals surface area contributed by atoms with Gasteiger partial charge in [-0.05, 0) is 48.4 Å². The molecule has 1 fully saturated rings. The van der Waals surface area contributed by atoms with E-state index in [9.17, 15) is 9.59 Å². The van der Waals surface area contributed by atoms with Gasteiger partial charge >= 0.3 is 6.03 Å². The smallest absolute Gasteiger partial charge is 0.322 e. The monoisotopic (exact) mass is 580 g/mol. The Morgan fingerprint density at radius 1 is 0.905 bits per heavy atom. The van der Waals surface area contributed by atoms with E-state index in [1.54, 1.807) is 67.7 Å². The van der Waals surface area contributed by atoms with E-state index in [-0.39, 0.29) is 25.0 Å². The van der Waals surface area contributed by atoms with Crippen molar-refractivity contribution < 1.29 is 33.0 Å². The molecule has 11 nitrogen and oxygen atoms in total. The van der Waals surface area contributed by atoms with Crippen LogP contribution in [0.1, 0.15) is 11.3 Å². The summed E-state index contributed by atoms with van der Waals surface area (Å²) >= 11 is 0. The topological polar surface area (TPSA) is 106 Å². The zero-order chi connectivity index (χ0) is 29.7. The van der Waals surface area contributed by atoms with Crippen molar-refractivity contribution in [1.29, 1.82) is 0 Å². The summed E-state index contributed by atoms with van der Waals surface area (Å²) in [4.78, 5) is 32.8. The molecule has 1 N–H and O–H groups in total. The highest BCUT2D eigenvalue weighted by atomic mass is 16.5. The molecule has 2 heterocycles. The van der Waals surface area contributed by atoms with E-state index in [4.69, 9.17) is 23.4 Å². The maximum Gasteiger partial charge on any atom is 0.322 e. The SMILES string of the molecule is COc1cccc(NC(=O)N(CCN2CCOCC2)CC(=O)N(CCc2ccc(OC)c(OC)c2)Cc2ccco2)c1. The van der Waals surface area contributed by atoms with Crippen LogP contribution in [0.3, 0.4) is 0 Å². The highest BCUT2D eigenvalue weighted by molar-refractivity contribution is 5.92. The van der Waals surface area contributed by atoms with E-state index in [0.29, 0.717) is 68.0 Å². The minimum absolute atomic E-state index is 0.0905. The minimum Gasteiger partial charge on any atom is -0.497 e. The maximum absolute atomic E-state index is 13.8. The fourth-order valence-corrected chi connectivity index (χ4v) is 4.69. The van der Waals surface area contributed by atoms with Crippen molar-refractivity contribution in [3.05, 3.63) is 72.2 Å². The predicted molar refractivity (Wildman–Crippen MR) is 158 cm³/mol. The van der Waals surface area contributed by atoms with Crippen molar-refractivity contribution in [3.63, 3.8) is 0 Å². The van der Waals surface area contributed by atoms with Gasteiger partial charge in [-0.3, -0.25) is 9.69 Å². The summed E-state index contributed by atoms with van der Waals surface area (Å²) in [5, 5.41) is 2.92. The van der Waals surface area contributed by atoms with E-state index in [2.05, 4.69) is 10.2 Å². The van der Waals surface area contributed by atoms with Crippen LogP contribution in [0.5, 0.6) is 17.2 Å². The number of nitrogens with zero attached hydrogens (tertiary/aromatic N) is 3. The summed E-state index contributed by atoms with van der Waals surface area (Å²) in [5.74, 6) is 2.37. The fourth-order valence-electron chi connectivity index (χ4n) is 4.69. The Labute approximate surface area is 246 Å². The third-order valence-corrected chi connectivity index (χ3v) is 7.12. The van der Waals surface area contributed by atoms with Gasteiger partial charge < -0.3 is 38.5 Å². The number of anilines is 1. The summed E-state index contributed by atoms with van der Waals surface area (Å²) in [6.45, 7) is 4.51. The van der Waals surface area contributed by atoms with Crippen molar-refractivity contribution in [2.45, 2.75) is 13.0 Å². The van der Waals surface area contributed by atoms with Crippen LogP contribution in [-0.4, -0.2) is 100 Å². The fraction of sp³-hybridized carbons (Fsp3) is 0.419. The minimum atomic E-state index is -0.359. The number of amides is 3. The summed E-state index contributed by atoms with van der Waals surface area (Å²) in [7, 11) is 4.76. The third kappa shape index (κ3) is 8.89. The zero-order valence-electron chi connectivity index (χ0n) is 24.5. The standard InChI is InChI=1S/C31H40N4O7/c1-38-26-7-4-6-25(21-26)32-31(37)35(14-13-33-15-18-41-19-16-33)23-30(36)34(22-27-8-5-17-42-27)12-11-24-9-10-28(39-2)29(20-24)40-3/h4-10,17,20-21H,11-16,18-19,22-23H2,1-3H3,(H,32,37). The lowest BCUT2D eigenvalue weighted by atomic mass is 10.1. The zero-order valence-corrected chi connectivity index (χ0v) is 24.5. The lowest BCUT2D eigenvalue weighted by Crippen LogP contribution is -2.48. The quantitative estimate of drug-likeness (QED) is 0.308. The molecule has 4 rings (SSSR count). The molecule has 11 heteroatoms. The third-order valence-electron chi connectivity index (χ3n) is 7.12. The number of carbonyl (C=O) groups is 2. The summed E-state index contributed by atoms with van der Waals surface area (Å²) < 4.78 is 27.1. The number of methoxy groups -OCH3 is 3. The molecule has 0 spiro atoms. The number of furan rings is 1. The Kier molecular flexibility index (Phi) is 11.5. The van der Waals surface area contributed by atoms with E-state index < -0.39 is 0 Å². The van der Waals surface area contributed by atoms with Crippen LogP contribution in [0.15, 0.2) is 65.3 Å². The molecule has 1 aromatic heterocycles. The molecule has 0 saturated carbocycles. The van der Waals surface area contributed by atoms with Crippen molar-refractivity contribution >= 4 is 17.6 Å². The first-order chi connectivity index (χ1) is 20.5. The van der Waals surface area contributed by atoms with Gasteiger partial charge in [0.2, 0.25) is 5.91 Å². The van der Waals surface area contributed by atoms with E-state index in [1.165, 1.54) is 0 Å². The number of urea groups is 1. The molecule has 1 aliphatic heterocycles. The Hall–Kier alpha value is -4.22. The normalized spacial score (nSPS) is 13.3. The highest BCUT2D eigenvalue weighted by Gasteiger charge is 2.24. The average Bonchev–Trinajstić information content (AvgIpc) is 3.54. The second-order valence-electron chi connectivity index (χ2n) is 9.87. The molecule has 0 radical (unpaired) electrons. The van der Waals surface area contributed by atoms with Gasteiger partial charge in [-0.25, -0.2) is 4.79 Å². The number of rotatable bonds is 14. The molecule has 0 atom stereocenters. The second kappa shape index (κ2) is 15.7. The molecule has 0 bridgehead atoms. The second-order valence-corrected chi connectivity index (χ2v) is 9.87. The van der Waals surface area contributed by atoms with E-state index >= 15 is 0 Å². The number of ether oxygens (including phenoxy) is 4. The Morgan fingerprint density at radius 2 is 1.71 bits per heavy atom. The van der Waals surface area contributed by atoms with Crippen LogP contribution in [0.4, 0.5) is 10.5 Å². The number of carbonyl (C=O) groups excluding carboxylic acids is 2. The van der Waals surface area contributed by atoms with Gasteiger partial charge in [0, 0.05) is 44.5 Å². The maximum atomic E-state index is 13.8. The van der Waals surface area contributed by atoms with Crippen LogP contribution in [0.25, 0.3) is 0 Å². The Balaban J connectivity index is 1.48. The van der Waals surface area contributed by atoms with E-state index in [0.717, 1.165) is 18.7 Å². The number of benzene rings is 2. The van der Waals surface area contributed by atoms with Crippen LogP contribution in [0, 0.1) is 0 Å². The highest BCUT2D eigenvalue weighted by Crippen LogP contribution is 2.28. The molecule has 3 amide bonds. The van der Waals surface area contributed by atoms with Crippen LogP contribution in [-0.2, 0) is 22.5 Å². The van der Waals surface area contributed by atoms with Crippen molar-refractivity contribution in [1.82, 2.24) is 14.7 Å². The Morgan fingerprint density at radius 3 is 2.43 bits per heavy atom. The molecule has 1 aliphatic rings. The van der Waals surface area contributed by atoms with Crippen LogP contribution < -0.4 is 19.5 Å². The number of morpholine rings is 1. The van der Waals surface area contributed by atoms with Gasteiger partial charge in [0.25, 0.3) is 0 Å². The van der Waals surface area contributed by atoms with Gasteiger partial charge in [-0.2, -0.15) is 0 Å². The lowest BCUT2D eigenvalue weighted by molar-refractivity contribution is -0.132. The first-order valence-electron chi connectivity index (χ1n) is 14.0. The van der Waals surface area contributed by atoms with Crippen molar-refractivity contribution in [3.8, 4) is 17.2 Å². The number of hydrogen-bond donors (Lipinski definition) is 1. The van der Waals surface area contributed by atoms with Crippen LogP contribution in [0.2, 0.25) is 0 Å². The molecule has 42 heavy (non-hydrogen) atoms. The lowest BCUT2D eigenvalue weighted by Gasteiger charge is -2.31. The van der Waals surface area contributed by atoms with Crippen molar-refractivity contribution in [2.75, 3.05) is 79.1 Å². The molecule has 3 aromatic rings. The van der Waals surface area contributed by atoms with Gasteiger partial charge in [0.05, 0.1) is 47.4 Å². The molecule has 2 aromatic carbocycles. The summed E-state index contributed by atoms with van der Waals surface area (Å²) in [5.41, 5.74) is 1.58. The molecule has 1 saturated heterocycles. The molecule has 226 valence electrons. The molecule has 0 aliphatic carbocycles. The summed E-state index contributed by atoms with van der Waals surface area (Å²) in [6.07, 6.45) is 2.17. The Bertz CT molecular complexity index is 1280. The number of nitrogens with one attached hydrogen (secondary N) is 1.